The molecule has 0 radical (unpaired) electrons. The van der Waals surface area contributed by atoms with Gasteiger partial charge in [0.1, 0.15) is 0 Å². The monoisotopic (exact) mass is 380 g/mol. The first-order chi connectivity index (χ1) is 13.7. The number of hydrogen-bond acceptors (Lipinski definition) is 3. The lowest BCUT2D eigenvalue weighted by Crippen LogP contribution is -2.30. The number of rotatable bonds is 5. The van der Waals surface area contributed by atoms with Crippen LogP contribution in [0.3, 0.4) is 0 Å². The van der Waals surface area contributed by atoms with Crippen LogP contribution in [0.5, 0.6) is 0 Å². The van der Waals surface area contributed by atoms with Gasteiger partial charge in [-0.25, -0.2) is 9.50 Å². The summed E-state index contributed by atoms with van der Waals surface area (Å²) >= 11 is 0. The Morgan fingerprint density at radius 3 is 2.82 bits per heavy atom. The van der Waals surface area contributed by atoms with E-state index in [1.54, 1.807) is 0 Å². The fraction of sp³-hybridized carbons (Fsp3) is 0.696. The molecule has 2 heterocycles. The van der Waals surface area contributed by atoms with E-state index >= 15 is 0 Å². The SMILES string of the molecule is CCC1(c2c(NC(=O)CC3CC4CCC3C4)nn3cccnc23)CCCCC1. The van der Waals surface area contributed by atoms with Crippen LogP contribution in [-0.2, 0) is 10.2 Å². The van der Waals surface area contributed by atoms with Gasteiger partial charge in [0, 0.05) is 29.8 Å². The molecule has 0 saturated heterocycles. The highest BCUT2D eigenvalue weighted by atomic mass is 16.1. The Bertz CT molecular complexity index is 867. The summed E-state index contributed by atoms with van der Waals surface area (Å²) in [4.78, 5) is 17.6. The quantitative estimate of drug-likeness (QED) is 0.784. The van der Waals surface area contributed by atoms with Crippen molar-refractivity contribution in [2.75, 3.05) is 5.32 Å². The number of fused-ring (bicyclic) bond motifs is 3. The Morgan fingerprint density at radius 2 is 2.11 bits per heavy atom. The number of nitrogens with one attached hydrogen (secondary N) is 1. The highest BCUT2D eigenvalue weighted by Crippen LogP contribution is 2.50. The Morgan fingerprint density at radius 1 is 1.25 bits per heavy atom. The maximum atomic E-state index is 13.0. The first kappa shape index (κ1) is 18.1. The van der Waals surface area contributed by atoms with Crippen molar-refractivity contribution < 1.29 is 4.79 Å². The van der Waals surface area contributed by atoms with Crippen LogP contribution < -0.4 is 5.32 Å². The van der Waals surface area contributed by atoms with E-state index in [1.165, 1.54) is 50.5 Å². The van der Waals surface area contributed by atoms with Gasteiger partial charge in [0.05, 0.1) is 0 Å². The molecule has 5 heteroatoms. The van der Waals surface area contributed by atoms with E-state index in [2.05, 4.69) is 17.2 Å². The molecular weight excluding hydrogens is 348 g/mol. The van der Waals surface area contributed by atoms with Crippen molar-refractivity contribution in [3.63, 3.8) is 0 Å². The summed E-state index contributed by atoms with van der Waals surface area (Å²) < 4.78 is 1.86. The number of carbonyl (C=O) groups is 1. The first-order valence-corrected chi connectivity index (χ1v) is 11.3. The molecular formula is C23H32N4O. The summed E-state index contributed by atoms with van der Waals surface area (Å²) in [6.45, 7) is 2.28. The van der Waals surface area contributed by atoms with Crippen LogP contribution in [-0.4, -0.2) is 20.5 Å². The van der Waals surface area contributed by atoms with Crippen LogP contribution in [0.4, 0.5) is 5.82 Å². The fourth-order valence-corrected chi connectivity index (χ4v) is 6.52. The van der Waals surface area contributed by atoms with Crippen molar-refractivity contribution >= 4 is 17.4 Å². The summed E-state index contributed by atoms with van der Waals surface area (Å²) in [6, 6.07) is 1.91. The predicted molar refractivity (Wildman–Crippen MR) is 110 cm³/mol. The molecule has 5 nitrogen and oxygen atoms in total. The van der Waals surface area contributed by atoms with E-state index in [1.807, 2.05) is 23.0 Å². The van der Waals surface area contributed by atoms with Crippen LogP contribution in [0.1, 0.15) is 83.1 Å². The molecule has 0 aromatic carbocycles. The molecule has 1 N–H and O–H groups in total. The van der Waals surface area contributed by atoms with Crippen LogP contribution >= 0.6 is 0 Å². The number of carbonyl (C=O) groups excluding carboxylic acids is 1. The third-order valence-electron chi connectivity index (χ3n) is 8.00. The summed E-state index contributed by atoms with van der Waals surface area (Å²) in [6.07, 6.45) is 16.9. The second kappa shape index (κ2) is 7.16. The highest BCUT2D eigenvalue weighted by molar-refractivity contribution is 5.92. The van der Waals surface area contributed by atoms with Gasteiger partial charge in [0.2, 0.25) is 5.91 Å². The van der Waals surface area contributed by atoms with Gasteiger partial charge in [0.25, 0.3) is 0 Å². The summed E-state index contributed by atoms with van der Waals surface area (Å²) in [5, 5.41) is 8.00. The van der Waals surface area contributed by atoms with Gasteiger partial charge in [-0.3, -0.25) is 4.79 Å². The number of anilines is 1. The average Bonchev–Trinajstić information content (AvgIpc) is 3.42. The Kier molecular flexibility index (Phi) is 4.64. The molecule has 2 bridgehead atoms. The van der Waals surface area contributed by atoms with Gasteiger partial charge in [0.15, 0.2) is 11.5 Å². The van der Waals surface area contributed by atoms with Gasteiger partial charge in [-0.05, 0) is 62.3 Å². The Labute approximate surface area is 167 Å². The average molecular weight is 381 g/mol. The minimum Gasteiger partial charge on any atom is -0.309 e. The van der Waals surface area contributed by atoms with Crippen molar-refractivity contribution in [1.29, 1.82) is 0 Å². The van der Waals surface area contributed by atoms with Crippen molar-refractivity contribution in [3.8, 4) is 0 Å². The number of hydrogen-bond donors (Lipinski definition) is 1. The van der Waals surface area contributed by atoms with E-state index in [-0.39, 0.29) is 11.3 Å². The third kappa shape index (κ3) is 3.03. The maximum absolute atomic E-state index is 13.0. The molecule has 28 heavy (non-hydrogen) atoms. The lowest BCUT2D eigenvalue weighted by molar-refractivity contribution is -0.117. The zero-order valence-electron chi connectivity index (χ0n) is 17.0. The van der Waals surface area contributed by atoms with E-state index < -0.39 is 0 Å². The zero-order valence-corrected chi connectivity index (χ0v) is 17.0. The van der Waals surface area contributed by atoms with E-state index in [4.69, 9.17) is 5.10 Å². The van der Waals surface area contributed by atoms with Gasteiger partial charge >= 0.3 is 0 Å². The number of aromatic nitrogens is 3. The lowest BCUT2D eigenvalue weighted by atomic mass is 9.68. The van der Waals surface area contributed by atoms with Gasteiger partial charge in [-0.15, -0.1) is 5.10 Å². The molecule has 5 rings (SSSR count). The largest absolute Gasteiger partial charge is 0.309 e. The summed E-state index contributed by atoms with van der Waals surface area (Å²) in [7, 11) is 0. The standard InChI is InChI=1S/C23H32N4O/c1-2-23(9-4-3-5-10-23)20-21(26-27-12-6-11-24-22(20)27)25-19(28)15-18-14-16-7-8-17(18)13-16/h6,11-12,16-18H,2-5,7-10,13-15H2,1H3,(H,25,26,28). The topological polar surface area (TPSA) is 59.3 Å². The van der Waals surface area contributed by atoms with Crippen LogP contribution in [0.25, 0.3) is 5.65 Å². The normalized spacial score (nSPS) is 28.7. The maximum Gasteiger partial charge on any atom is 0.225 e. The zero-order chi connectivity index (χ0) is 19.1. The minimum atomic E-state index is 0.0867. The summed E-state index contributed by atoms with van der Waals surface area (Å²) in [5.41, 5.74) is 2.18. The van der Waals surface area contributed by atoms with Crippen molar-refractivity contribution in [1.82, 2.24) is 14.6 Å². The molecule has 3 aliphatic rings. The number of nitrogens with zero attached hydrogens (tertiary/aromatic N) is 3. The smallest absolute Gasteiger partial charge is 0.225 e. The van der Waals surface area contributed by atoms with Crippen molar-refractivity contribution in [2.24, 2.45) is 17.8 Å². The van der Waals surface area contributed by atoms with E-state index in [0.717, 1.165) is 42.6 Å². The van der Waals surface area contributed by atoms with Crippen molar-refractivity contribution in [2.45, 2.75) is 83.0 Å². The molecule has 3 unspecified atom stereocenters. The highest BCUT2D eigenvalue weighted by Gasteiger charge is 2.41. The van der Waals surface area contributed by atoms with Gasteiger partial charge in [-0.1, -0.05) is 32.6 Å². The Hall–Kier alpha value is -1.91. The molecule has 2 aromatic rings. The molecule has 0 spiro atoms. The second-order valence-electron chi connectivity index (χ2n) is 9.49. The molecule has 3 fully saturated rings. The molecule has 1 amide bonds. The molecule has 150 valence electrons. The molecule has 0 aliphatic heterocycles. The molecule has 2 aromatic heterocycles. The minimum absolute atomic E-state index is 0.0867. The summed E-state index contributed by atoms with van der Waals surface area (Å²) in [5.74, 6) is 3.13. The van der Waals surface area contributed by atoms with Crippen LogP contribution in [0, 0.1) is 17.8 Å². The van der Waals surface area contributed by atoms with Crippen LogP contribution in [0.15, 0.2) is 18.5 Å². The van der Waals surface area contributed by atoms with Gasteiger partial charge < -0.3 is 5.32 Å². The van der Waals surface area contributed by atoms with Crippen LogP contribution in [0.2, 0.25) is 0 Å². The molecule has 3 atom stereocenters. The van der Waals surface area contributed by atoms with E-state index in [9.17, 15) is 4.79 Å². The molecule has 3 saturated carbocycles. The number of amides is 1. The Balaban J connectivity index is 1.44. The second-order valence-corrected chi connectivity index (χ2v) is 9.49. The third-order valence-corrected chi connectivity index (χ3v) is 8.00. The molecule has 3 aliphatic carbocycles. The predicted octanol–water partition coefficient (Wildman–Crippen LogP) is 5.11. The van der Waals surface area contributed by atoms with Crippen molar-refractivity contribution in [3.05, 3.63) is 24.0 Å². The van der Waals surface area contributed by atoms with E-state index in [0.29, 0.717) is 12.3 Å². The first-order valence-electron chi connectivity index (χ1n) is 11.3. The lowest BCUT2D eigenvalue weighted by Gasteiger charge is -2.36. The fourth-order valence-electron chi connectivity index (χ4n) is 6.52. The van der Waals surface area contributed by atoms with Gasteiger partial charge in [-0.2, -0.15) is 0 Å².